The summed E-state index contributed by atoms with van der Waals surface area (Å²) in [7, 11) is 0. The number of amides is 2. The minimum Gasteiger partial charge on any atom is -0.378 e. The van der Waals surface area contributed by atoms with Crippen molar-refractivity contribution in [2.24, 2.45) is 16.3 Å². The molecule has 0 N–H and O–H groups in total. The molecule has 3 atom stereocenters. The highest BCUT2D eigenvalue weighted by molar-refractivity contribution is 8.04. The first-order valence-corrected chi connectivity index (χ1v) is 9.99. The van der Waals surface area contributed by atoms with E-state index in [0.717, 1.165) is 23.3 Å². The molecule has 8 nitrogen and oxygen atoms in total. The van der Waals surface area contributed by atoms with E-state index in [2.05, 4.69) is 24.2 Å². The van der Waals surface area contributed by atoms with Crippen molar-refractivity contribution in [3.8, 4) is 0 Å². The van der Waals surface area contributed by atoms with Crippen LogP contribution in [0.3, 0.4) is 0 Å². The molecule has 0 aromatic carbocycles. The van der Waals surface area contributed by atoms with Crippen LogP contribution in [0.1, 0.15) is 26.7 Å². The number of hydrogen-bond acceptors (Lipinski definition) is 7. The summed E-state index contributed by atoms with van der Waals surface area (Å²) >= 11 is 1.58. The van der Waals surface area contributed by atoms with Crippen molar-refractivity contribution in [2.45, 2.75) is 37.7 Å². The highest BCUT2D eigenvalue weighted by atomic mass is 32.2. The van der Waals surface area contributed by atoms with Gasteiger partial charge < -0.3 is 14.4 Å². The quantitative estimate of drug-likeness (QED) is 0.742. The maximum Gasteiger partial charge on any atom is 0.254 e. The Kier molecular flexibility index (Phi) is 4.79. The number of morpholine rings is 1. The van der Waals surface area contributed by atoms with Crippen LogP contribution in [-0.2, 0) is 19.1 Å². The van der Waals surface area contributed by atoms with Crippen molar-refractivity contribution in [1.82, 2.24) is 9.91 Å². The van der Waals surface area contributed by atoms with E-state index in [0.29, 0.717) is 32.9 Å². The predicted octanol–water partition coefficient (Wildman–Crippen LogP) is 1.59. The van der Waals surface area contributed by atoms with E-state index in [1.807, 2.05) is 0 Å². The van der Waals surface area contributed by atoms with Crippen LogP contribution in [0.5, 0.6) is 0 Å². The van der Waals surface area contributed by atoms with E-state index < -0.39 is 0 Å². The molecule has 0 aliphatic carbocycles. The second kappa shape index (κ2) is 6.94. The first-order valence-electron chi connectivity index (χ1n) is 9.11. The standard InChI is InChI=1S/C17H24N4O4S/c1-3-17(2)8-11-12(10-25-17)26-15-14(11)16(23)21(19-18-15)9-13(22)20-4-6-24-7-5-20/h14-15H,3-10H2,1-2H3/t14-,15-,17+/m1/s1. The van der Waals surface area contributed by atoms with Crippen LogP contribution in [0, 0.1) is 5.92 Å². The lowest BCUT2D eigenvalue weighted by Crippen LogP contribution is -2.48. The zero-order valence-corrected chi connectivity index (χ0v) is 16.0. The molecule has 0 aromatic rings. The highest BCUT2D eigenvalue weighted by Gasteiger charge is 2.49. The third-order valence-electron chi connectivity index (χ3n) is 5.59. The van der Waals surface area contributed by atoms with Gasteiger partial charge in [0, 0.05) is 18.0 Å². The van der Waals surface area contributed by atoms with Crippen LogP contribution >= 0.6 is 11.8 Å². The van der Waals surface area contributed by atoms with E-state index in [1.165, 1.54) is 5.01 Å². The molecule has 0 radical (unpaired) electrons. The van der Waals surface area contributed by atoms with E-state index in [-0.39, 0.29) is 35.3 Å². The van der Waals surface area contributed by atoms with Gasteiger partial charge in [0.05, 0.1) is 31.3 Å². The van der Waals surface area contributed by atoms with Gasteiger partial charge in [0.15, 0.2) is 0 Å². The number of carbonyl (C=O) groups excluding carboxylic acids is 2. The maximum absolute atomic E-state index is 13.1. The van der Waals surface area contributed by atoms with Crippen molar-refractivity contribution < 1.29 is 19.1 Å². The molecule has 1 fully saturated rings. The lowest BCUT2D eigenvalue weighted by molar-refractivity contribution is -0.146. The molecule has 1 saturated heterocycles. The van der Waals surface area contributed by atoms with Gasteiger partial charge in [0.1, 0.15) is 11.9 Å². The van der Waals surface area contributed by atoms with E-state index >= 15 is 0 Å². The molecule has 4 heterocycles. The van der Waals surface area contributed by atoms with Gasteiger partial charge in [-0.25, -0.2) is 5.01 Å². The van der Waals surface area contributed by atoms with Crippen LogP contribution in [0.15, 0.2) is 20.8 Å². The molecular formula is C17H24N4O4S. The van der Waals surface area contributed by atoms with Crippen molar-refractivity contribution in [3.05, 3.63) is 10.5 Å². The molecule has 4 aliphatic heterocycles. The van der Waals surface area contributed by atoms with Gasteiger partial charge in [-0.3, -0.25) is 9.59 Å². The minimum atomic E-state index is -0.320. The Morgan fingerprint density at radius 3 is 2.88 bits per heavy atom. The summed E-state index contributed by atoms with van der Waals surface area (Å²) in [6.07, 6.45) is 1.63. The normalized spacial score (nSPS) is 34.2. The first kappa shape index (κ1) is 17.9. The molecule has 2 amide bonds. The number of carbonyl (C=O) groups is 2. The van der Waals surface area contributed by atoms with E-state index in [4.69, 9.17) is 9.47 Å². The number of ether oxygens (including phenoxy) is 2. The molecule has 0 spiro atoms. The Labute approximate surface area is 156 Å². The Hall–Kier alpha value is -1.45. The van der Waals surface area contributed by atoms with E-state index in [9.17, 15) is 9.59 Å². The fourth-order valence-electron chi connectivity index (χ4n) is 3.72. The smallest absolute Gasteiger partial charge is 0.254 e. The summed E-state index contributed by atoms with van der Waals surface area (Å²) in [6, 6.07) is 0. The summed E-state index contributed by atoms with van der Waals surface area (Å²) in [6.45, 7) is 6.85. The van der Waals surface area contributed by atoms with Crippen LogP contribution in [0.25, 0.3) is 0 Å². The van der Waals surface area contributed by atoms with Gasteiger partial charge in [-0.15, -0.1) is 0 Å². The average molecular weight is 380 g/mol. The second-order valence-electron chi connectivity index (χ2n) is 7.30. The largest absolute Gasteiger partial charge is 0.378 e. The molecule has 0 aromatic heterocycles. The molecule has 9 heteroatoms. The second-order valence-corrected chi connectivity index (χ2v) is 8.51. The lowest BCUT2D eigenvalue weighted by Gasteiger charge is -2.36. The molecule has 0 saturated carbocycles. The minimum absolute atomic E-state index is 0.0552. The Bertz CT molecular complexity index is 676. The van der Waals surface area contributed by atoms with Crippen molar-refractivity contribution >= 4 is 23.6 Å². The number of hydrogen-bond donors (Lipinski definition) is 0. The number of rotatable bonds is 3. The van der Waals surface area contributed by atoms with Crippen LogP contribution in [-0.4, -0.2) is 72.2 Å². The van der Waals surface area contributed by atoms with Gasteiger partial charge in [-0.2, -0.15) is 5.11 Å². The zero-order valence-electron chi connectivity index (χ0n) is 15.1. The molecule has 4 aliphatic rings. The molecule has 4 rings (SSSR count). The summed E-state index contributed by atoms with van der Waals surface area (Å²) in [5, 5.41) is 9.39. The van der Waals surface area contributed by atoms with Crippen LogP contribution in [0.4, 0.5) is 0 Å². The fraction of sp³-hybridized carbons (Fsp3) is 0.765. The van der Waals surface area contributed by atoms with Crippen molar-refractivity contribution in [1.29, 1.82) is 0 Å². The summed E-state index contributed by atoms with van der Waals surface area (Å²) in [4.78, 5) is 28.4. The van der Waals surface area contributed by atoms with Gasteiger partial charge in [0.25, 0.3) is 5.91 Å². The third-order valence-corrected chi connectivity index (χ3v) is 6.86. The summed E-state index contributed by atoms with van der Waals surface area (Å²) in [5.74, 6) is -0.548. The predicted molar refractivity (Wildman–Crippen MR) is 95.1 cm³/mol. The Morgan fingerprint density at radius 2 is 2.15 bits per heavy atom. The SMILES string of the molecule is CC[C@@]1(C)CC2=C(CO1)S[C@H]1N=NN(CC(=O)N3CCOCC3)C(=O)[C@H]21. The molecule has 0 unspecified atom stereocenters. The zero-order chi connectivity index (χ0) is 18.3. The molecule has 26 heavy (non-hydrogen) atoms. The Balaban J connectivity index is 1.48. The summed E-state index contributed by atoms with van der Waals surface area (Å²) in [5.41, 5.74) is 0.889. The molecule has 0 bridgehead atoms. The number of thioether (sulfide) groups is 1. The topological polar surface area (TPSA) is 83.8 Å². The van der Waals surface area contributed by atoms with Crippen molar-refractivity contribution in [3.63, 3.8) is 0 Å². The summed E-state index contributed by atoms with van der Waals surface area (Å²) < 4.78 is 11.3. The number of nitrogens with zero attached hydrogens (tertiary/aromatic N) is 4. The van der Waals surface area contributed by atoms with Gasteiger partial charge in [-0.1, -0.05) is 23.9 Å². The highest BCUT2D eigenvalue weighted by Crippen LogP contribution is 2.51. The van der Waals surface area contributed by atoms with E-state index in [1.54, 1.807) is 16.7 Å². The van der Waals surface area contributed by atoms with Crippen LogP contribution in [0.2, 0.25) is 0 Å². The number of fused-ring (bicyclic) bond motifs is 2. The van der Waals surface area contributed by atoms with Gasteiger partial charge in [-0.05, 0) is 25.3 Å². The fourth-order valence-corrected chi connectivity index (χ4v) is 5.00. The molecule has 142 valence electrons. The Morgan fingerprint density at radius 1 is 1.38 bits per heavy atom. The van der Waals surface area contributed by atoms with Gasteiger partial charge in [0.2, 0.25) is 5.91 Å². The van der Waals surface area contributed by atoms with Crippen LogP contribution < -0.4 is 0 Å². The monoisotopic (exact) mass is 380 g/mol. The van der Waals surface area contributed by atoms with Crippen molar-refractivity contribution in [2.75, 3.05) is 39.5 Å². The lowest BCUT2D eigenvalue weighted by atomic mass is 9.84. The van der Waals surface area contributed by atoms with Gasteiger partial charge >= 0.3 is 0 Å². The average Bonchev–Trinajstić information content (AvgIpc) is 3.03. The third kappa shape index (κ3) is 3.16. The molecular weight excluding hydrogens is 356 g/mol. The first-order chi connectivity index (χ1) is 12.5. The maximum atomic E-state index is 13.1.